The molecule has 6 nitrogen and oxygen atoms in total. The van der Waals surface area contributed by atoms with Gasteiger partial charge in [-0.2, -0.15) is 5.10 Å². The van der Waals surface area contributed by atoms with Crippen LogP contribution in [0.2, 0.25) is 0 Å². The van der Waals surface area contributed by atoms with Gasteiger partial charge in [0.05, 0.1) is 17.3 Å². The molecule has 0 saturated heterocycles. The van der Waals surface area contributed by atoms with E-state index in [-0.39, 0.29) is 17.4 Å². The van der Waals surface area contributed by atoms with E-state index in [1.54, 1.807) is 29.3 Å². The van der Waals surface area contributed by atoms with Gasteiger partial charge < -0.3 is 5.32 Å². The van der Waals surface area contributed by atoms with Crippen LogP contribution >= 0.6 is 0 Å². The summed E-state index contributed by atoms with van der Waals surface area (Å²) in [5.41, 5.74) is 1.24. The number of carbonyl (C=O) groups is 1. The van der Waals surface area contributed by atoms with Gasteiger partial charge in [0, 0.05) is 31.1 Å². The normalized spacial score (nSPS) is 16.2. The Hall–Kier alpha value is -2.24. The van der Waals surface area contributed by atoms with Crippen molar-refractivity contribution in [3.8, 4) is 0 Å². The van der Waals surface area contributed by atoms with E-state index in [9.17, 15) is 4.79 Å². The third-order valence-corrected chi connectivity index (χ3v) is 4.03. The standard InChI is InChI=1S/C17H23N5O/c1-17(2,3)14-12(10-22(4)21-14)16(23)20-13(11-6-7-11)15-18-8-5-9-19-15/h5,8-11,13H,6-7H2,1-4H3,(H,20,23). The Morgan fingerprint density at radius 1 is 1.30 bits per heavy atom. The zero-order chi connectivity index (χ0) is 16.6. The van der Waals surface area contributed by atoms with Crippen LogP contribution in [0.4, 0.5) is 0 Å². The van der Waals surface area contributed by atoms with E-state index in [1.807, 2.05) is 7.05 Å². The van der Waals surface area contributed by atoms with E-state index in [0.717, 1.165) is 18.5 Å². The van der Waals surface area contributed by atoms with Crippen molar-refractivity contribution >= 4 is 5.91 Å². The highest BCUT2D eigenvalue weighted by Crippen LogP contribution is 2.40. The van der Waals surface area contributed by atoms with E-state index < -0.39 is 0 Å². The maximum absolute atomic E-state index is 12.8. The van der Waals surface area contributed by atoms with E-state index >= 15 is 0 Å². The summed E-state index contributed by atoms with van der Waals surface area (Å²) in [5.74, 6) is 1.01. The molecule has 2 aromatic heterocycles. The fourth-order valence-corrected chi connectivity index (χ4v) is 2.72. The first-order valence-electron chi connectivity index (χ1n) is 7.98. The molecule has 0 aromatic carbocycles. The van der Waals surface area contributed by atoms with Crippen molar-refractivity contribution in [1.82, 2.24) is 25.1 Å². The number of carbonyl (C=O) groups excluding carboxylic acids is 1. The van der Waals surface area contributed by atoms with Crippen LogP contribution in [0.15, 0.2) is 24.7 Å². The topological polar surface area (TPSA) is 72.7 Å². The highest BCUT2D eigenvalue weighted by atomic mass is 16.1. The van der Waals surface area contributed by atoms with Gasteiger partial charge in [0.1, 0.15) is 0 Å². The first-order valence-corrected chi connectivity index (χ1v) is 7.98. The molecule has 1 aliphatic rings. The van der Waals surface area contributed by atoms with Crippen LogP contribution in [0.1, 0.15) is 61.5 Å². The van der Waals surface area contributed by atoms with Gasteiger partial charge in [-0.3, -0.25) is 9.48 Å². The smallest absolute Gasteiger partial charge is 0.255 e. The molecule has 3 rings (SSSR count). The zero-order valence-electron chi connectivity index (χ0n) is 14.1. The Bertz CT molecular complexity index is 698. The molecule has 0 radical (unpaired) electrons. The predicted octanol–water partition coefficient (Wildman–Crippen LogP) is 2.39. The van der Waals surface area contributed by atoms with E-state index in [0.29, 0.717) is 17.3 Å². The number of hydrogen-bond acceptors (Lipinski definition) is 4. The lowest BCUT2D eigenvalue weighted by atomic mass is 9.89. The lowest BCUT2D eigenvalue weighted by molar-refractivity contribution is 0.0927. The molecular weight excluding hydrogens is 290 g/mol. The lowest BCUT2D eigenvalue weighted by Crippen LogP contribution is -2.32. The molecule has 2 aromatic rings. The van der Waals surface area contributed by atoms with Crippen LogP contribution in [0.5, 0.6) is 0 Å². The van der Waals surface area contributed by atoms with E-state index in [2.05, 4.69) is 41.2 Å². The number of aryl methyl sites for hydroxylation is 1. The van der Waals surface area contributed by atoms with Crippen molar-refractivity contribution in [2.75, 3.05) is 0 Å². The molecule has 1 N–H and O–H groups in total. The summed E-state index contributed by atoms with van der Waals surface area (Å²) in [4.78, 5) is 21.5. The highest BCUT2D eigenvalue weighted by molar-refractivity contribution is 5.95. The summed E-state index contributed by atoms with van der Waals surface area (Å²) < 4.78 is 1.70. The molecule has 0 spiro atoms. The summed E-state index contributed by atoms with van der Waals surface area (Å²) in [7, 11) is 1.84. The number of aromatic nitrogens is 4. The Labute approximate surface area is 136 Å². The fourth-order valence-electron chi connectivity index (χ4n) is 2.72. The summed E-state index contributed by atoms with van der Waals surface area (Å²) in [6.07, 6.45) is 7.42. The van der Waals surface area contributed by atoms with Crippen LogP contribution in [0, 0.1) is 5.92 Å². The van der Waals surface area contributed by atoms with Gasteiger partial charge in [0.15, 0.2) is 5.82 Å². The number of hydrogen-bond donors (Lipinski definition) is 1. The molecule has 6 heteroatoms. The number of nitrogens with zero attached hydrogens (tertiary/aromatic N) is 4. The van der Waals surface area contributed by atoms with Gasteiger partial charge in [0.2, 0.25) is 0 Å². The van der Waals surface area contributed by atoms with Gasteiger partial charge in [0.25, 0.3) is 5.91 Å². The Balaban J connectivity index is 1.86. The summed E-state index contributed by atoms with van der Waals surface area (Å²) in [6, 6.07) is 1.66. The van der Waals surface area contributed by atoms with Crippen molar-refractivity contribution in [2.45, 2.75) is 45.1 Å². The molecule has 0 bridgehead atoms. The summed E-state index contributed by atoms with van der Waals surface area (Å²) in [6.45, 7) is 6.18. The average molecular weight is 313 g/mol. The second-order valence-electron chi connectivity index (χ2n) is 7.21. The third kappa shape index (κ3) is 3.41. The number of rotatable bonds is 4. The summed E-state index contributed by atoms with van der Waals surface area (Å²) in [5, 5.41) is 7.59. The van der Waals surface area contributed by atoms with Gasteiger partial charge in [-0.1, -0.05) is 20.8 Å². The Morgan fingerprint density at radius 3 is 2.52 bits per heavy atom. The average Bonchev–Trinajstić information content (AvgIpc) is 3.25. The summed E-state index contributed by atoms with van der Waals surface area (Å²) >= 11 is 0. The molecule has 1 atom stereocenters. The molecule has 1 unspecified atom stereocenters. The molecule has 1 aliphatic carbocycles. The second-order valence-corrected chi connectivity index (χ2v) is 7.21. The third-order valence-electron chi connectivity index (χ3n) is 4.03. The van der Waals surface area contributed by atoms with Crippen molar-refractivity contribution < 1.29 is 4.79 Å². The molecular formula is C17H23N5O. The Kier molecular flexibility index (Phi) is 3.92. The Morgan fingerprint density at radius 2 is 1.96 bits per heavy atom. The minimum Gasteiger partial charge on any atom is -0.342 e. The van der Waals surface area contributed by atoms with Crippen molar-refractivity contribution in [2.24, 2.45) is 13.0 Å². The monoisotopic (exact) mass is 313 g/mol. The highest BCUT2D eigenvalue weighted by Gasteiger charge is 2.36. The molecule has 2 heterocycles. The maximum Gasteiger partial charge on any atom is 0.255 e. The van der Waals surface area contributed by atoms with E-state index in [1.165, 1.54) is 0 Å². The lowest BCUT2D eigenvalue weighted by Gasteiger charge is -2.20. The molecule has 1 saturated carbocycles. The molecule has 122 valence electrons. The van der Waals surface area contributed by atoms with Gasteiger partial charge in [-0.05, 0) is 24.8 Å². The molecule has 23 heavy (non-hydrogen) atoms. The van der Waals surface area contributed by atoms with Crippen LogP contribution in [-0.4, -0.2) is 25.7 Å². The molecule has 1 fully saturated rings. The van der Waals surface area contributed by atoms with Crippen LogP contribution < -0.4 is 5.32 Å². The predicted molar refractivity (Wildman–Crippen MR) is 86.9 cm³/mol. The molecule has 0 aliphatic heterocycles. The van der Waals surface area contributed by atoms with Gasteiger partial charge >= 0.3 is 0 Å². The SMILES string of the molecule is Cn1cc(C(=O)NC(c2ncccn2)C2CC2)c(C(C)(C)C)n1. The fraction of sp³-hybridized carbons (Fsp3) is 0.529. The van der Waals surface area contributed by atoms with Crippen molar-refractivity contribution in [3.63, 3.8) is 0 Å². The van der Waals surface area contributed by atoms with Crippen molar-refractivity contribution in [1.29, 1.82) is 0 Å². The van der Waals surface area contributed by atoms with Crippen LogP contribution in [0.25, 0.3) is 0 Å². The minimum absolute atomic E-state index is 0.104. The van der Waals surface area contributed by atoms with Gasteiger partial charge in [-0.25, -0.2) is 9.97 Å². The van der Waals surface area contributed by atoms with Crippen LogP contribution in [-0.2, 0) is 12.5 Å². The number of nitrogens with one attached hydrogen (secondary N) is 1. The second kappa shape index (κ2) is 5.76. The van der Waals surface area contributed by atoms with Gasteiger partial charge in [-0.15, -0.1) is 0 Å². The van der Waals surface area contributed by atoms with Crippen LogP contribution in [0.3, 0.4) is 0 Å². The number of amides is 1. The van der Waals surface area contributed by atoms with Crippen molar-refractivity contribution in [3.05, 3.63) is 41.7 Å². The zero-order valence-corrected chi connectivity index (χ0v) is 14.1. The van der Waals surface area contributed by atoms with E-state index in [4.69, 9.17) is 0 Å². The molecule has 1 amide bonds. The first-order chi connectivity index (χ1) is 10.9. The quantitative estimate of drug-likeness (QED) is 0.940. The first kappa shape index (κ1) is 15.6. The largest absolute Gasteiger partial charge is 0.342 e. The minimum atomic E-state index is -0.188. The maximum atomic E-state index is 12.8.